The molecule has 3 rings (SSSR count). The molecule has 0 amide bonds. The van der Waals surface area contributed by atoms with Gasteiger partial charge in [-0.25, -0.2) is 0 Å². The van der Waals surface area contributed by atoms with Gasteiger partial charge in [-0.1, -0.05) is 43.7 Å². The van der Waals surface area contributed by atoms with Crippen LogP contribution in [0, 0.1) is 5.92 Å². The average Bonchev–Trinajstić information content (AvgIpc) is 2.50. The van der Waals surface area contributed by atoms with Crippen LogP contribution >= 0.6 is 0 Å². The summed E-state index contributed by atoms with van der Waals surface area (Å²) >= 11 is 0. The van der Waals surface area contributed by atoms with Crippen molar-refractivity contribution < 1.29 is 0 Å². The summed E-state index contributed by atoms with van der Waals surface area (Å²) in [6.07, 6.45) is 8.43. The molecule has 2 unspecified atom stereocenters. The van der Waals surface area contributed by atoms with E-state index in [-0.39, 0.29) is 0 Å². The molecule has 116 valence electrons. The van der Waals surface area contributed by atoms with Crippen LogP contribution in [0.1, 0.15) is 51.0 Å². The summed E-state index contributed by atoms with van der Waals surface area (Å²) in [6.45, 7) is 5.96. The molecule has 1 aromatic rings. The minimum absolute atomic E-state index is 0.674. The van der Waals surface area contributed by atoms with Crippen molar-refractivity contribution in [1.82, 2.24) is 10.2 Å². The molecule has 2 heteroatoms. The minimum atomic E-state index is 0.674. The molecule has 2 fully saturated rings. The molecular formula is C19H30N2. The molecule has 0 spiro atoms. The van der Waals surface area contributed by atoms with Crippen LogP contribution in [0.5, 0.6) is 0 Å². The van der Waals surface area contributed by atoms with E-state index in [0.29, 0.717) is 6.04 Å². The maximum absolute atomic E-state index is 3.78. The molecule has 0 bridgehead atoms. The van der Waals surface area contributed by atoms with Gasteiger partial charge in [0.05, 0.1) is 0 Å². The Kier molecular flexibility index (Phi) is 5.32. The monoisotopic (exact) mass is 286 g/mol. The van der Waals surface area contributed by atoms with Crippen molar-refractivity contribution in [2.45, 2.75) is 64.1 Å². The van der Waals surface area contributed by atoms with Crippen molar-refractivity contribution in [1.29, 1.82) is 0 Å². The summed E-state index contributed by atoms with van der Waals surface area (Å²) in [5.74, 6) is 0.989. The Labute approximate surface area is 129 Å². The minimum Gasteiger partial charge on any atom is -0.309 e. The first kappa shape index (κ1) is 15.1. The Bertz CT molecular complexity index is 413. The van der Waals surface area contributed by atoms with Gasteiger partial charge < -0.3 is 5.32 Å². The lowest BCUT2D eigenvalue weighted by molar-refractivity contribution is 0.0626. The molecule has 1 heterocycles. The van der Waals surface area contributed by atoms with E-state index in [9.17, 15) is 0 Å². The lowest BCUT2D eigenvalue weighted by atomic mass is 9.77. The number of nitrogens with one attached hydrogen (secondary N) is 1. The van der Waals surface area contributed by atoms with Gasteiger partial charge in [-0.2, -0.15) is 0 Å². The SMILES string of the molecule is CCC(C1CCC1)N1CCCC(NCc2ccccc2)C1. The molecule has 2 nitrogen and oxygen atoms in total. The molecule has 2 atom stereocenters. The van der Waals surface area contributed by atoms with Gasteiger partial charge in [0, 0.05) is 25.2 Å². The Balaban J connectivity index is 1.50. The highest BCUT2D eigenvalue weighted by atomic mass is 15.2. The largest absolute Gasteiger partial charge is 0.309 e. The third-order valence-electron chi connectivity index (χ3n) is 5.47. The van der Waals surface area contributed by atoms with Crippen LogP contribution < -0.4 is 5.32 Å². The van der Waals surface area contributed by atoms with Gasteiger partial charge in [0.1, 0.15) is 0 Å². The number of hydrogen-bond acceptors (Lipinski definition) is 2. The van der Waals surface area contributed by atoms with E-state index >= 15 is 0 Å². The fraction of sp³-hybridized carbons (Fsp3) is 0.684. The van der Waals surface area contributed by atoms with Crippen molar-refractivity contribution in [3.63, 3.8) is 0 Å². The first-order valence-electron chi connectivity index (χ1n) is 8.88. The highest BCUT2D eigenvalue weighted by Gasteiger charge is 2.32. The van der Waals surface area contributed by atoms with Gasteiger partial charge in [-0.15, -0.1) is 0 Å². The number of nitrogens with zero attached hydrogens (tertiary/aromatic N) is 1. The molecule has 0 aromatic heterocycles. The predicted molar refractivity (Wildman–Crippen MR) is 89.3 cm³/mol. The van der Waals surface area contributed by atoms with Crippen molar-refractivity contribution in [3.8, 4) is 0 Å². The first-order chi connectivity index (χ1) is 10.4. The lowest BCUT2D eigenvalue weighted by Crippen LogP contribution is -2.52. The Morgan fingerprint density at radius 3 is 2.62 bits per heavy atom. The fourth-order valence-electron chi connectivity index (χ4n) is 4.05. The maximum atomic E-state index is 3.78. The molecule has 1 aliphatic carbocycles. The zero-order chi connectivity index (χ0) is 14.5. The van der Waals surface area contributed by atoms with Gasteiger partial charge in [-0.3, -0.25) is 4.90 Å². The summed E-state index contributed by atoms with van der Waals surface area (Å²) in [7, 11) is 0. The van der Waals surface area contributed by atoms with Gasteiger partial charge in [0.2, 0.25) is 0 Å². The van der Waals surface area contributed by atoms with Crippen LogP contribution in [0.25, 0.3) is 0 Å². The molecular weight excluding hydrogens is 256 g/mol. The summed E-state index contributed by atoms with van der Waals surface area (Å²) < 4.78 is 0. The van der Waals surface area contributed by atoms with E-state index in [0.717, 1.165) is 18.5 Å². The van der Waals surface area contributed by atoms with E-state index in [1.807, 2.05) is 0 Å². The highest BCUT2D eigenvalue weighted by molar-refractivity contribution is 5.14. The predicted octanol–water partition coefficient (Wildman–Crippen LogP) is 3.82. The molecule has 1 N–H and O–H groups in total. The zero-order valence-corrected chi connectivity index (χ0v) is 13.4. The molecule has 1 aliphatic heterocycles. The fourth-order valence-corrected chi connectivity index (χ4v) is 4.05. The quantitative estimate of drug-likeness (QED) is 0.855. The summed E-state index contributed by atoms with van der Waals surface area (Å²) in [5.41, 5.74) is 1.40. The van der Waals surface area contributed by atoms with E-state index in [4.69, 9.17) is 0 Å². The van der Waals surface area contributed by atoms with E-state index < -0.39 is 0 Å². The lowest BCUT2D eigenvalue weighted by Gasteiger charge is -2.44. The van der Waals surface area contributed by atoms with Crippen molar-refractivity contribution in [2.24, 2.45) is 5.92 Å². The molecule has 1 saturated carbocycles. The van der Waals surface area contributed by atoms with Gasteiger partial charge in [0.25, 0.3) is 0 Å². The molecule has 21 heavy (non-hydrogen) atoms. The molecule has 2 aliphatic rings. The standard InChI is InChI=1S/C19H30N2/c1-2-19(17-10-6-11-17)21-13-7-12-18(15-21)20-14-16-8-4-3-5-9-16/h3-5,8-9,17-20H,2,6-7,10-15H2,1H3. The van der Waals surface area contributed by atoms with Gasteiger partial charge in [-0.05, 0) is 50.1 Å². The summed E-state index contributed by atoms with van der Waals surface area (Å²) in [5, 5.41) is 3.78. The Morgan fingerprint density at radius 2 is 1.95 bits per heavy atom. The second kappa shape index (κ2) is 7.42. The van der Waals surface area contributed by atoms with E-state index in [1.165, 1.54) is 57.2 Å². The number of benzene rings is 1. The smallest absolute Gasteiger partial charge is 0.0208 e. The van der Waals surface area contributed by atoms with Crippen LogP contribution in [0.15, 0.2) is 30.3 Å². The molecule has 0 radical (unpaired) electrons. The Morgan fingerprint density at radius 1 is 1.14 bits per heavy atom. The van der Waals surface area contributed by atoms with Crippen LogP contribution in [0.2, 0.25) is 0 Å². The van der Waals surface area contributed by atoms with Crippen LogP contribution in [0.3, 0.4) is 0 Å². The van der Waals surface area contributed by atoms with E-state index in [1.54, 1.807) is 0 Å². The Hall–Kier alpha value is -0.860. The topological polar surface area (TPSA) is 15.3 Å². The maximum Gasteiger partial charge on any atom is 0.0208 e. The molecule has 1 aromatic carbocycles. The van der Waals surface area contributed by atoms with E-state index in [2.05, 4.69) is 47.5 Å². The number of piperidine rings is 1. The number of rotatable bonds is 6. The van der Waals surface area contributed by atoms with Gasteiger partial charge in [0.15, 0.2) is 0 Å². The second-order valence-electron chi connectivity index (χ2n) is 6.87. The number of likely N-dealkylation sites (tertiary alicyclic amines) is 1. The van der Waals surface area contributed by atoms with Crippen molar-refractivity contribution >= 4 is 0 Å². The third-order valence-corrected chi connectivity index (χ3v) is 5.47. The van der Waals surface area contributed by atoms with Crippen molar-refractivity contribution in [3.05, 3.63) is 35.9 Å². The van der Waals surface area contributed by atoms with Crippen molar-refractivity contribution in [2.75, 3.05) is 13.1 Å². The normalized spacial score (nSPS) is 25.5. The highest BCUT2D eigenvalue weighted by Crippen LogP contribution is 2.34. The summed E-state index contributed by atoms with van der Waals surface area (Å²) in [4.78, 5) is 2.79. The molecule has 1 saturated heterocycles. The van der Waals surface area contributed by atoms with Crippen LogP contribution in [-0.4, -0.2) is 30.1 Å². The summed E-state index contributed by atoms with van der Waals surface area (Å²) in [6, 6.07) is 12.3. The average molecular weight is 286 g/mol. The third kappa shape index (κ3) is 3.87. The van der Waals surface area contributed by atoms with Crippen LogP contribution in [0.4, 0.5) is 0 Å². The zero-order valence-electron chi connectivity index (χ0n) is 13.4. The van der Waals surface area contributed by atoms with Gasteiger partial charge >= 0.3 is 0 Å². The number of hydrogen-bond donors (Lipinski definition) is 1. The van der Waals surface area contributed by atoms with Crippen LogP contribution in [-0.2, 0) is 6.54 Å². The second-order valence-corrected chi connectivity index (χ2v) is 6.87. The first-order valence-corrected chi connectivity index (χ1v) is 8.88.